The van der Waals surface area contributed by atoms with Crippen LogP contribution in [0.1, 0.15) is 0 Å². The van der Waals surface area contributed by atoms with Gasteiger partial charge in [0.1, 0.15) is 0 Å². The minimum absolute atomic E-state index is 1.18. The number of aromatic nitrogens is 2. The Hall–Kier alpha value is -3.22. The molecule has 0 N–H and O–H groups in total. The third-order valence-corrected chi connectivity index (χ3v) is 8.58. The first-order valence-corrected chi connectivity index (χ1v) is 14.6. The van der Waals surface area contributed by atoms with Gasteiger partial charge in [-0.25, -0.2) is 0 Å². The van der Waals surface area contributed by atoms with Crippen LogP contribution in [0.2, 0.25) is 0 Å². The molecule has 0 aliphatic heterocycles. The van der Waals surface area contributed by atoms with Crippen LogP contribution in [0.5, 0.6) is 0 Å². The van der Waals surface area contributed by atoms with Crippen LogP contribution in [0.3, 0.4) is 0 Å². The number of nitrogens with zero attached hydrogens (tertiary/aromatic N) is 2. The Bertz CT molecular complexity index is 1620. The molecule has 2 nitrogen and oxygen atoms in total. The van der Waals surface area contributed by atoms with Gasteiger partial charge in [-0.15, -0.1) is 0 Å². The second kappa shape index (κ2) is 7.93. The van der Waals surface area contributed by atoms with E-state index in [9.17, 15) is 0 Å². The molecule has 0 saturated heterocycles. The van der Waals surface area contributed by atoms with Gasteiger partial charge in [0.15, 0.2) is 0 Å². The Balaban J connectivity index is 1.59. The van der Waals surface area contributed by atoms with Crippen LogP contribution in [0.25, 0.3) is 55.0 Å². The standard InChI is InChI=1S/C30H19IN2S/c31-34-22-18-20(32-27-13-5-1-9-23(27)24-10-2-6-14-28(24)32)17-21(19-22)33-29-15-7-3-11-25(29)26-12-4-8-16-30(26)33/h1-19H. The van der Waals surface area contributed by atoms with Crippen LogP contribution in [0, 0.1) is 0 Å². The number of halogens is 1. The summed E-state index contributed by atoms with van der Waals surface area (Å²) < 4.78 is 4.80. The summed E-state index contributed by atoms with van der Waals surface area (Å²) in [6, 6.07) is 41.7. The number of para-hydroxylation sites is 4. The molecule has 4 heteroatoms. The predicted octanol–water partition coefficient (Wildman–Crippen LogP) is 9.32. The number of fused-ring (bicyclic) bond motifs is 6. The van der Waals surface area contributed by atoms with E-state index in [1.54, 1.807) is 8.93 Å². The quantitative estimate of drug-likeness (QED) is 0.194. The van der Waals surface area contributed by atoms with Crippen molar-refractivity contribution in [3.63, 3.8) is 0 Å². The molecule has 0 unspecified atom stereocenters. The second-order valence-electron chi connectivity index (χ2n) is 8.50. The molecular weight excluding hydrogens is 547 g/mol. The zero-order valence-electron chi connectivity index (χ0n) is 18.2. The summed E-state index contributed by atoms with van der Waals surface area (Å²) in [5.74, 6) is 0. The van der Waals surface area contributed by atoms with E-state index in [1.807, 2.05) is 0 Å². The molecule has 0 radical (unpaired) electrons. The topological polar surface area (TPSA) is 9.86 Å². The van der Waals surface area contributed by atoms with Crippen molar-refractivity contribution in [2.24, 2.45) is 0 Å². The van der Waals surface area contributed by atoms with E-state index in [4.69, 9.17) is 0 Å². The van der Waals surface area contributed by atoms with Crippen molar-refractivity contribution >= 4 is 73.8 Å². The maximum Gasteiger partial charge on any atom is 0.0541 e. The molecule has 34 heavy (non-hydrogen) atoms. The number of hydrogen-bond donors (Lipinski definition) is 0. The Morgan fingerprint density at radius 3 is 1.09 bits per heavy atom. The van der Waals surface area contributed by atoms with Crippen molar-refractivity contribution in [3.8, 4) is 11.4 Å². The van der Waals surface area contributed by atoms with E-state index in [1.165, 1.54) is 59.9 Å². The highest BCUT2D eigenvalue weighted by Gasteiger charge is 2.16. The van der Waals surface area contributed by atoms with Crippen LogP contribution >= 0.6 is 30.1 Å². The lowest BCUT2D eigenvalue weighted by Crippen LogP contribution is -1.99. The highest BCUT2D eigenvalue weighted by Crippen LogP contribution is 2.38. The van der Waals surface area contributed by atoms with Gasteiger partial charge in [-0.05, 0) is 42.5 Å². The first-order chi connectivity index (χ1) is 16.8. The normalized spacial score (nSPS) is 11.8. The predicted molar refractivity (Wildman–Crippen MR) is 155 cm³/mol. The number of hydrogen-bond acceptors (Lipinski definition) is 1. The molecule has 0 amide bonds. The maximum absolute atomic E-state index is 2.40. The first-order valence-electron chi connectivity index (χ1n) is 11.2. The lowest BCUT2D eigenvalue weighted by molar-refractivity contribution is 1.11. The summed E-state index contributed by atoms with van der Waals surface area (Å²) in [5, 5.41) is 5.13. The summed E-state index contributed by atoms with van der Waals surface area (Å²) >= 11 is 2.39. The molecule has 0 spiro atoms. The monoisotopic (exact) mass is 566 g/mol. The largest absolute Gasteiger partial charge is 0.309 e. The van der Waals surface area contributed by atoms with Crippen LogP contribution in [0.4, 0.5) is 0 Å². The van der Waals surface area contributed by atoms with Gasteiger partial charge in [-0.3, -0.25) is 0 Å². The van der Waals surface area contributed by atoms with E-state index < -0.39 is 0 Å². The summed E-state index contributed by atoms with van der Waals surface area (Å²) in [7, 11) is 1.76. The smallest absolute Gasteiger partial charge is 0.0541 e. The average Bonchev–Trinajstić information content (AvgIpc) is 3.42. The molecule has 162 valence electrons. The Kier molecular flexibility index (Phi) is 4.71. The van der Waals surface area contributed by atoms with Gasteiger partial charge in [0.05, 0.1) is 22.1 Å². The summed E-state index contributed by atoms with van der Waals surface area (Å²) in [6.45, 7) is 0. The lowest BCUT2D eigenvalue weighted by Gasteiger charge is -2.14. The third kappa shape index (κ3) is 2.95. The summed E-state index contributed by atoms with van der Waals surface area (Å²) in [5.41, 5.74) is 7.27. The average molecular weight is 566 g/mol. The van der Waals surface area contributed by atoms with Crippen molar-refractivity contribution in [1.29, 1.82) is 0 Å². The highest BCUT2D eigenvalue weighted by atomic mass is 127. The van der Waals surface area contributed by atoms with Crippen molar-refractivity contribution in [2.75, 3.05) is 0 Å². The summed E-state index contributed by atoms with van der Waals surface area (Å²) in [6.07, 6.45) is 0. The van der Waals surface area contributed by atoms with Gasteiger partial charge in [-0.1, -0.05) is 81.7 Å². The molecule has 2 aromatic heterocycles. The minimum atomic E-state index is 1.18. The van der Waals surface area contributed by atoms with Gasteiger partial charge in [0.2, 0.25) is 0 Å². The number of rotatable bonds is 3. The molecule has 5 aromatic carbocycles. The fourth-order valence-corrected chi connectivity index (χ4v) is 6.37. The van der Waals surface area contributed by atoms with E-state index in [0.29, 0.717) is 0 Å². The minimum Gasteiger partial charge on any atom is -0.309 e. The molecule has 2 heterocycles. The fourth-order valence-electron chi connectivity index (χ4n) is 5.27. The fraction of sp³-hybridized carbons (Fsp3) is 0. The second-order valence-corrected chi connectivity index (χ2v) is 10.4. The molecule has 7 aromatic rings. The van der Waals surface area contributed by atoms with Crippen LogP contribution in [0.15, 0.2) is 120 Å². The Morgan fingerprint density at radius 1 is 0.441 bits per heavy atom. The molecular formula is C30H19IN2S. The SMILES string of the molecule is ISc1cc(-n2c3ccccc3c3ccccc32)cc(-n2c3ccccc3c3ccccc32)c1. The maximum atomic E-state index is 2.40. The van der Waals surface area contributed by atoms with E-state index >= 15 is 0 Å². The van der Waals surface area contributed by atoms with Gasteiger partial charge >= 0.3 is 0 Å². The molecule has 0 aliphatic rings. The van der Waals surface area contributed by atoms with Gasteiger partial charge < -0.3 is 9.13 Å². The Morgan fingerprint density at radius 2 is 0.765 bits per heavy atom. The van der Waals surface area contributed by atoms with Crippen LogP contribution in [-0.4, -0.2) is 9.13 Å². The van der Waals surface area contributed by atoms with Crippen molar-refractivity contribution in [1.82, 2.24) is 9.13 Å². The van der Waals surface area contributed by atoms with Crippen molar-refractivity contribution in [2.45, 2.75) is 4.90 Å². The molecule has 0 fully saturated rings. The lowest BCUT2D eigenvalue weighted by atomic mass is 10.2. The molecule has 0 saturated carbocycles. The van der Waals surface area contributed by atoms with E-state index in [2.05, 4.69) is 146 Å². The van der Waals surface area contributed by atoms with Crippen molar-refractivity contribution < 1.29 is 0 Å². The van der Waals surface area contributed by atoms with Gasteiger partial charge in [0.25, 0.3) is 0 Å². The molecule has 7 rings (SSSR count). The van der Waals surface area contributed by atoms with Crippen LogP contribution < -0.4 is 0 Å². The molecule has 0 bridgehead atoms. The van der Waals surface area contributed by atoms with E-state index in [0.717, 1.165) is 0 Å². The van der Waals surface area contributed by atoms with Gasteiger partial charge in [0, 0.05) is 59.0 Å². The van der Waals surface area contributed by atoms with Gasteiger partial charge in [-0.2, -0.15) is 0 Å². The van der Waals surface area contributed by atoms with Crippen molar-refractivity contribution in [3.05, 3.63) is 115 Å². The van der Waals surface area contributed by atoms with Crippen LogP contribution in [-0.2, 0) is 0 Å². The van der Waals surface area contributed by atoms with E-state index in [-0.39, 0.29) is 0 Å². The summed E-state index contributed by atoms with van der Waals surface area (Å²) in [4.78, 5) is 1.23. The third-order valence-electron chi connectivity index (χ3n) is 6.64. The molecule has 0 aliphatic carbocycles. The number of benzene rings is 5. The highest BCUT2D eigenvalue weighted by molar-refractivity contribution is 14.2. The first kappa shape index (κ1) is 20.2. The Labute approximate surface area is 213 Å². The zero-order chi connectivity index (χ0) is 22.6. The zero-order valence-corrected chi connectivity index (χ0v) is 21.1. The molecule has 0 atom stereocenters.